The van der Waals surface area contributed by atoms with Crippen molar-refractivity contribution in [2.75, 3.05) is 0 Å². The van der Waals surface area contributed by atoms with Gasteiger partial charge < -0.3 is 20.4 Å². The van der Waals surface area contributed by atoms with E-state index in [1.165, 1.54) is 49.7 Å². The summed E-state index contributed by atoms with van der Waals surface area (Å²) in [6.07, 6.45) is 13.6. The average Bonchev–Trinajstić information content (AvgIpc) is 0.801. The van der Waals surface area contributed by atoms with Crippen LogP contribution >= 0.6 is 0 Å². The van der Waals surface area contributed by atoms with Crippen molar-refractivity contribution in [3.8, 4) is 113 Å². The Hall–Kier alpha value is -10.6. The van der Waals surface area contributed by atoms with Crippen LogP contribution in [0.5, 0.6) is 23.0 Å². The van der Waals surface area contributed by atoms with E-state index in [-0.39, 0.29) is 95.7 Å². The first-order valence-electron chi connectivity index (χ1n) is 47.6. The van der Waals surface area contributed by atoms with E-state index in [2.05, 4.69) is 312 Å². The molecule has 0 atom stereocenters. The van der Waals surface area contributed by atoms with Gasteiger partial charge in [0.05, 0.1) is 22.8 Å². The number of nitrogens with zero attached hydrogens (tertiary/aromatic N) is 2. The fraction of sp³-hybridized carbons (Fsp3) is 0.317. The third-order valence-electron chi connectivity index (χ3n) is 25.9. The molecule has 2 fully saturated rings. The van der Waals surface area contributed by atoms with E-state index in [0.717, 1.165) is 184 Å². The van der Waals surface area contributed by atoms with Crippen LogP contribution in [-0.2, 0) is 84.9 Å². The van der Waals surface area contributed by atoms with E-state index in [4.69, 9.17) is 9.97 Å². The molecule has 696 valence electrons. The number of benzene rings is 12. The second kappa shape index (κ2) is 46.3. The van der Waals surface area contributed by atoms with Crippen LogP contribution in [0.3, 0.4) is 0 Å². The average molecular weight is 1940 g/mol. The molecule has 2 aliphatic rings. The first kappa shape index (κ1) is 107. The van der Waals surface area contributed by atoms with Crippen LogP contribution in [0.25, 0.3) is 89.5 Å². The zero-order chi connectivity index (χ0) is 95.7. The standard InChI is InChI=1S/C53H69NO2.C45H49NO2.4C7H7.2Zr/c1-48(2,3)32-52(13,14)42-30-34(50(7,8)9)28-40(46(42)55)36-22-17-19-24-38(36)44-26-21-27-45(54-44)39-25-20-18-23-37(39)41-29-35(51(10,11)12)31-43(47(41)56)53(15,16)33-49(4,5)6;1-30-26-36(42(47)38(28-30)44(3)22-11-5-12-23-44)32-16-7-9-18-34(32)40-20-15-21-41(46-40)35-19-10-8-17-33(35)37-27-31(2)29-39(43(37)48)45(4)24-13-6-14-25-45;4*1-7-5-3-2-4-6-7;;/h17-31,55-56H,32-33H2,1-16H3;7-10,15-21,26-29,47-48H,5-6,11-14,22-25H2,1-4H3;4*2-6H,1H2;;/q;;4*-1;;. The molecule has 2 aliphatic carbocycles. The molecule has 0 spiro atoms. The quantitative estimate of drug-likeness (QED) is 0.0808. The summed E-state index contributed by atoms with van der Waals surface area (Å²) in [7, 11) is 0. The monoisotopic (exact) mass is 1930 g/mol. The van der Waals surface area contributed by atoms with Crippen LogP contribution in [0.1, 0.15) is 268 Å². The molecule has 2 aromatic heterocycles. The van der Waals surface area contributed by atoms with Gasteiger partial charge in [0.25, 0.3) is 0 Å². The van der Waals surface area contributed by atoms with Crippen molar-refractivity contribution in [2.24, 2.45) is 10.8 Å². The number of hydrogen-bond acceptors (Lipinski definition) is 6. The van der Waals surface area contributed by atoms with Gasteiger partial charge in [-0.3, -0.25) is 0 Å². The Kier molecular flexibility index (Phi) is 37.0. The summed E-state index contributed by atoms with van der Waals surface area (Å²) in [5, 5.41) is 48.2. The predicted octanol–water partition coefficient (Wildman–Crippen LogP) is 34.9. The molecule has 16 rings (SSSR count). The topological polar surface area (TPSA) is 107 Å². The van der Waals surface area contributed by atoms with E-state index in [1.54, 1.807) is 0 Å². The van der Waals surface area contributed by atoms with E-state index in [0.29, 0.717) is 23.0 Å². The summed E-state index contributed by atoms with van der Waals surface area (Å²) < 4.78 is 0. The summed E-state index contributed by atoms with van der Waals surface area (Å²) in [4.78, 5) is 10.6. The molecule has 12 aromatic carbocycles. The number of aromatic nitrogens is 2. The van der Waals surface area contributed by atoms with Crippen molar-refractivity contribution in [1.29, 1.82) is 0 Å². The zero-order valence-corrected chi connectivity index (χ0v) is 88.8. The number of pyridine rings is 2. The maximum absolute atomic E-state index is 12.2. The molecular formula is C126H146N2O4Zr2-4. The summed E-state index contributed by atoms with van der Waals surface area (Å²) in [5.74, 6) is 1.47. The second-order valence-corrected chi connectivity index (χ2v) is 43.2. The Morgan fingerprint density at radius 3 is 0.701 bits per heavy atom. The second-order valence-electron chi connectivity index (χ2n) is 43.2. The number of rotatable bonds is 14. The van der Waals surface area contributed by atoms with Crippen molar-refractivity contribution in [2.45, 2.75) is 248 Å². The van der Waals surface area contributed by atoms with Gasteiger partial charge in [0, 0.05) is 119 Å². The van der Waals surface area contributed by atoms with Gasteiger partial charge in [0.15, 0.2) is 0 Å². The van der Waals surface area contributed by atoms with Gasteiger partial charge in [-0.1, -0.05) is 321 Å². The minimum atomic E-state index is -0.257. The van der Waals surface area contributed by atoms with E-state index in [1.807, 2.05) is 158 Å². The Balaban J connectivity index is 0.000000230. The molecular weight excluding hydrogens is 1790 g/mol. The smallest absolute Gasteiger partial charge is 0.127 e. The first-order chi connectivity index (χ1) is 62.3. The molecule has 0 unspecified atom stereocenters. The van der Waals surface area contributed by atoms with Crippen LogP contribution in [0, 0.1) is 52.4 Å². The van der Waals surface area contributed by atoms with Crippen LogP contribution in [0.15, 0.2) is 303 Å². The van der Waals surface area contributed by atoms with E-state index >= 15 is 0 Å². The van der Waals surface area contributed by atoms with Crippen molar-refractivity contribution in [3.05, 3.63) is 398 Å². The fourth-order valence-corrected chi connectivity index (χ4v) is 19.7. The predicted molar refractivity (Wildman–Crippen MR) is 564 cm³/mol. The number of phenols is 4. The summed E-state index contributed by atoms with van der Waals surface area (Å²) in [5.41, 5.74) is 27.0. The maximum atomic E-state index is 12.2. The molecule has 0 saturated heterocycles. The van der Waals surface area contributed by atoms with Gasteiger partial charge in [0.2, 0.25) is 0 Å². The summed E-state index contributed by atoms with van der Waals surface area (Å²) >= 11 is 0. The molecule has 0 bridgehead atoms. The van der Waals surface area contributed by atoms with E-state index in [9.17, 15) is 20.4 Å². The number of aromatic hydroxyl groups is 4. The van der Waals surface area contributed by atoms with Crippen molar-refractivity contribution >= 4 is 0 Å². The molecule has 134 heavy (non-hydrogen) atoms. The third kappa shape index (κ3) is 28.3. The SMILES string of the molecule is CC(C)(C)CC(C)(C)c1cc(C(C)(C)C)cc(-c2ccccc2-c2cccc(-c3ccccc3-c3cc(C(C)(C)C)cc(C(C)(C)CC(C)(C)C)c3O)n2)c1O.Cc1cc(-c2ccccc2-c2cccc(-c3ccccc3-c3cc(C)cc(C4(C)CCCCC4)c3O)n2)c(O)c(C2(C)CCCCC2)c1.[CH2-]c1ccccc1.[CH2-]c1ccccc1.[CH2-]c1ccccc1.[CH2-]c1ccccc1.[Zr].[Zr]. The van der Waals surface area contributed by atoms with Gasteiger partial charge in [-0.15, -0.1) is 48.5 Å². The molecule has 6 nitrogen and oxygen atoms in total. The Morgan fingerprint density at radius 2 is 0.485 bits per heavy atom. The normalized spacial score (nSPS) is 13.5. The van der Waals surface area contributed by atoms with Gasteiger partial charge in [0.1, 0.15) is 23.0 Å². The number of hydrogen-bond donors (Lipinski definition) is 4. The summed E-state index contributed by atoms with van der Waals surface area (Å²) in [6.45, 7) is 59.8. The Bertz CT molecular complexity index is 5700. The van der Waals surface area contributed by atoms with Crippen LogP contribution in [0.4, 0.5) is 0 Å². The number of aryl methyl sites for hydroxylation is 2. The Labute approximate surface area is 844 Å². The number of phenolic OH excluding ortho intramolecular Hbond substituents is 4. The molecule has 14 aromatic rings. The largest absolute Gasteiger partial charge is 0.507 e. The van der Waals surface area contributed by atoms with Gasteiger partial charge in [-0.2, -0.15) is 98.5 Å². The molecule has 8 heteroatoms. The molecule has 2 heterocycles. The van der Waals surface area contributed by atoms with Crippen molar-refractivity contribution in [3.63, 3.8) is 0 Å². The molecule has 4 N–H and O–H groups in total. The maximum Gasteiger partial charge on any atom is 0.127 e. The van der Waals surface area contributed by atoms with Crippen LogP contribution < -0.4 is 0 Å². The minimum absolute atomic E-state index is 0. The fourth-order valence-electron chi connectivity index (χ4n) is 19.7. The summed E-state index contributed by atoms with van der Waals surface area (Å²) in [6, 6.07) is 103. The van der Waals surface area contributed by atoms with E-state index < -0.39 is 0 Å². The van der Waals surface area contributed by atoms with Crippen molar-refractivity contribution < 1.29 is 72.8 Å². The van der Waals surface area contributed by atoms with Gasteiger partial charge >= 0.3 is 0 Å². The molecule has 0 amide bonds. The van der Waals surface area contributed by atoms with Crippen molar-refractivity contribution in [1.82, 2.24) is 9.97 Å². The Morgan fingerprint density at radius 1 is 0.261 bits per heavy atom. The van der Waals surface area contributed by atoms with Crippen LogP contribution in [-0.4, -0.2) is 30.4 Å². The van der Waals surface area contributed by atoms with Gasteiger partial charge in [-0.25, -0.2) is 9.97 Å². The minimum Gasteiger partial charge on any atom is -0.507 e. The van der Waals surface area contributed by atoms with Gasteiger partial charge in [-0.05, 0) is 189 Å². The van der Waals surface area contributed by atoms with Crippen LogP contribution in [0.2, 0.25) is 0 Å². The molecule has 2 saturated carbocycles. The first-order valence-corrected chi connectivity index (χ1v) is 47.6. The molecule has 0 aliphatic heterocycles. The third-order valence-corrected chi connectivity index (χ3v) is 25.9. The molecule has 0 radical (unpaired) electrons. The zero-order valence-electron chi connectivity index (χ0n) is 83.9.